The lowest BCUT2D eigenvalue weighted by molar-refractivity contribution is 0.910. The molecule has 0 spiro atoms. The van der Waals surface area contributed by atoms with Crippen LogP contribution in [0.2, 0.25) is 0 Å². The van der Waals surface area contributed by atoms with Crippen LogP contribution < -0.4 is 5.73 Å². The van der Waals surface area contributed by atoms with Gasteiger partial charge in [-0.15, -0.1) is 0 Å². The van der Waals surface area contributed by atoms with Crippen molar-refractivity contribution in [3.63, 3.8) is 0 Å². The van der Waals surface area contributed by atoms with E-state index >= 15 is 0 Å². The average molecular weight is 353 g/mol. The minimum Gasteiger partial charge on any atom is -0.396 e. The van der Waals surface area contributed by atoms with Gasteiger partial charge >= 0.3 is 0 Å². The Labute approximate surface area is 158 Å². The predicted octanol–water partition coefficient (Wildman–Crippen LogP) is 3.75. The van der Waals surface area contributed by atoms with Gasteiger partial charge in [0.1, 0.15) is 18.2 Å². The summed E-state index contributed by atoms with van der Waals surface area (Å²) < 4.78 is 2.15. The van der Waals surface area contributed by atoms with Crippen LogP contribution in [-0.2, 0) is 12.8 Å². The number of hydrogen-bond acceptors (Lipinski definition) is 4. The van der Waals surface area contributed by atoms with Gasteiger partial charge in [0.25, 0.3) is 0 Å². The summed E-state index contributed by atoms with van der Waals surface area (Å²) in [7, 11) is 0. The Kier molecular flexibility index (Phi) is 4.84. The number of nitriles is 3. The summed E-state index contributed by atoms with van der Waals surface area (Å²) >= 11 is 0. The SMILES string of the molecule is Cc1cc(/C=C(/C#N)C(N)=C(C#N)C#N)c(C)n1-c1ccc2c(c1)CCC2. The monoisotopic (exact) mass is 353 g/mol. The molecular formula is C22H19N5. The fourth-order valence-electron chi connectivity index (χ4n) is 3.63. The van der Waals surface area contributed by atoms with Gasteiger partial charge in [0.2, 0.25) is 0 Å². The summed E-state index contributed by atoms with van der Waals surface area (Å²) in [5.74, 6) is 0. The summed E-state index contributed by atoms with van der Waals surface area (Å²) in [5.41, 5.74) is 12.4. The lowest BCUT2D eigenvalue weighted by Gasteiger charge is -2.11. The van der Waals surface area contributed by atoms with Crippen LogP contribution in [0.4, 0.5) is 0 Å². The maximum Gasteiger partial charge on any atom is 0.153 e. The molecule has 5 heteroatoms. The van der Waals surface area contributed by atoms with E-state index in [4.69, 9.17) is 16.3 Å². The number of hydrogen-bond donors (Lipinski definition) is 1. The average Bonchev–Trinajstić information content (AvgIpc) is 3.24. The van der Waals surface area contributed by atoms with Crippen molar-refractivity contribution in [3.05, 3.63) is 69.2 Å². The molecule has 1 aliphatic rings. The Balaban J connectivity index is 2.09. The maximum absolute atomic E-state index is 9.43. The molecule has 0 atom stereocenters. The highest BCUT2D eigenvalue weighted by Gasteiger charge is 2.15. The summed E-state index contributed by atoms with van der Waals surface area (Å²) in [6.07, 6.45) is 5.09. The second kappa shape index (κ2) is 7.24. The van der Waals surface area contributed by atoms with Crippen molar-refractivity contribution in [1.82, 2.24) is 4.57 Å². The molecule has 0 radical (unpaired) electrons. The Morgan fingerprint density at radius 1 is 1.04 bits per heavy atom. The van der Waals surface area contributed by atoms with Crippen molar-refractivity contribution >= 4 is 6.08 Å². The van der Waals surface area contributed by atoms with E-state index in [9.17, 15) is 5.26 Å². The van der Waals surface area contributed by atoms with E-state index in [1.807, 2.05) is 26.0 Å². The third kappa shape index (κ3) is 3.22. The zero-order chi connectivity index (χ0) is 19.6. The van der Waals surface area contributed by atoms with E-state index in [0.717, 1.165) is 35.5 Å². The number of nitrogens with two attached hydrogens (primary N) is 1. The minimum absolute atomic E-state index is 0.0927. The molecule has 2 aromatic rings. The first-order valence-electron chi connectivity index (χ1n) is 8.73. The largest absolute Gasteiger partial charge is 0.396 e. The van der Waals surface area contributed by atoms with Crippen molar-refractivity contribution < 1.29 is 0 Å². The molecule has 0 saturated heterocycles. The first-order chi connectivity index (χ1) is 13.0. The fourth-order valence-corrected chi connectivity index (χ4v) is 3.63. The standard InChI is InChI=1S/C22H19N5/c1-14-8-18(9-19(11-23)22(26)20(12-24)13-25)15(2)27(14)21-7-6-16-4-3-5-17(16)10-21/h6-10H,3-5,26H2,1-2H3/b19-9-. The zero-order valence-corrected chi connectivity index (χ0v) is 15.4. The molecule has 0 aliphatic heterocycles. The first kappa shape index (κ1) is 18.1. The lowest BCUT2D eigenvalue weighted by atomic mass is 10.1. The van der Waals surface area contributed by atoms with Gasteiger partial charge < -0.3 is 10.3 Å². The van der Waals surface area contributed by atoms with E-state index < -0.39 is 0 Å². The van der Waals surface area contributed by atoms with Gasteiger partial charge in [-0.3, -0.25) is 0 Å². The molecule has 0 fully saturated rings. The van der Waals surface area contributed by atoms with Crippen LogP contribution in [0, 0.1) is 47.8 Å². The highest BCUT2D eigenvalue weighted by atomic mass is 15.0. The number of allylic oxidation sites excluding steroid dienone is 2. The summed E-state index contributed by atoms with van der Waals surface area (Å²) in [4.78, 5) is 0. The van der Waals surface area contributed by atoms with Crippen molar-refractivity contribution in [1.29, 1.82) is 15.8 Å². The first-order valence-corrected chi connectivity index (χ1v) is 8.73. The Bertz CT molecular complexity index is 1090. The second-order valence-corrected chi connectivity index (χ2v) is 6.65. The highest BCUT2D eigenvalue weighted by Crippen LogP contribution is 2.28. The number of aryl methyl sites for hydroxylation is 3. The number of aromatic nitrogens is 1. The molecule has 132 valence electrons. The maximum atomic E-state index is 9.43. The van der Waals surface area contributed by atoms with Crippen molar-refractivity contribution in [3.8, 4) is 23.9 Å². The Morgan fingerprint density at radius 3 is 2.41 bits per heavy atom. The minimum atomic E-state index is -0.254. The number of nitrogens with zero attached hydrogens (tertiary/aromatic N) is 4. The molecule has 0 saturated carbocycles. The molecule has 27 heavy (non-hydrogen) atoms. The zero-order valence-electron chi connectivity index (χ0n) is 15.4. The normalized spacial score (nSPS) is 12.6. The molecule has 1 aromatic heterocycles. The molecule has 2 N–H and O–H groups in total. The summed E-state index contributed by atoms with van der Waals surface area (Å²) in [6.45, 7) is 4.00. The summed E-state index contributed by atoms with van der Waals surface area (Å²) in [6, 6.07) is 14.0. The third-order valence-corrected chi connectivity index (χ3v) is 5.01. The Morgan fingerprint density at radius 2 is 1.74 bits per heavy atom. The number of fused-ring (bicyclic) bond motifs is 1. The van der Waals surface area contributed by atoms with Crippen LogP contribution in [0.1, 0.15) is 34.5 Å². The quantitative estimate of drug-likeness (QED) is 0.670. The summed E-state index contributed by atoms with van der Waals surface area (Å²) in [5, 5.41) is 27.4. The molecule has 0 amide bonds. The molecular weight excluding hydrogens is 334 g/mol. The van der Waals surface area contributed by atoms with Crippen molar-refractivity contribution in [2.24, 2.45) is 5.73 Å². The van der Waals surface area contributed by atoms with Crippen molar-refractivity contribution in [2.75, 3.05) is 0 Å². The Hall–Kier alpha value is -3.75. The molecule has 1 aromatic carbocycles. The van der Waals surface area contributed by atoms with E-state index in [0.29, 0.717) is 0 Å². The molecule has 0 unspecified atom stereocenters. The molecule has 1 heterocycles. The van der Waals surface area contributed by atoms with Crippen LogP contribution >= 0.6 is 0 Å². The van der Waals surface area contributed by atoms with Crippen LogP contribution in [0.3, 0.4) is 0 Å². The van der Waals surface area contributed by atoms with Crippen LogP contribution in [-0.4, -0.2) is 4.57 Å². The van der Waals surface area contributed by atoms with E-state index in [1.165, 1.54) is 17.5 Å². The molecule has 5 nitrogen and oxygen atoms in total. The van der Waals surface area contributed by atoms with Crippen molar-refractivity contribution in [2.45, 2.75) is 33.1 Å². The van der Waals surface area contributed by atoms with E-state index in [1.54, 1.807) is 18.2 Å². The van der Waals surface area contributed by atoms with Gasteiger partial charge in [0.05, 0.1) is 11.3 Å². The second-order valence-electron chi connectivity index (χ2n) is 6.65. The fraction of sp³-hybridized carbons (Fsp3) is 0.227. The molecule has 0 bridgehead atoms. The van der Waals surface area contributed by atoms with E-state index in [2.05, 4.69) is 22.8 Å². The van der Waals surface area contributed by atoms with Gasteiger partial charge in [-0.2, -0.15) is 15.8 Å². The van der Waals surface area contributed by atoms with Gasteiger partial charge in [0.15, 0.2) is 5.57 Å². The number of rotatable bonds is 3. The smallest absolute Gasteiger partial charge is 0.153 e. The topological polar surface area (TPSA) is 102 Å². The van der Waals surface area contributed by atoms with Gasteiger partial charge in [0, 0.05) is 17.1 Å². The lowest BCUT2D eigenvalue weighted by Crippen LogP contribution is -2.04. The van der Waals surface area contributed by atoms with Gasteiger partial charge in [-0.25, -0.2) is 0 Å². The van der Waals surface area contributed by atoms with Gasteiger partial charge in [-0.05, 0) is 74.1 Å². The highest BCUT2D eigenvalue weighted by molar-refractivity contribution is 5.68. The van der Waals surface area contributed by atoms with Gasteiger partial charge in [-0.1, -0.05) is 6.07 Å². The van der Waals surface area contributed by atoms with E-state index in [-0.39, 0.29) is 16.8 Å². The van der Waals surface area contributed by atoms with Crippen LogP contribution in [0.5, 0.6) is 0 Å². The van der Waals surface area contributed by atoms with Crippen LogP contribution in [0.25, 0.3) is 11.8 Å². The molecule has 3 rings (SSSR count). The third-order valence-electron chi connectivity index (χ3n) is 5.01. The van der Waals surface area contributed by atoms with Crippen LogP contribution in [0.15, 0.2) is 41.1 Å². The molecule has 1 aliphatic carbocycles. The predicted molar refractivity (Wildman–Crippen MR) is 103 cm³/mol. The number of benzene rings is 1.